The monoisotopic (exact) mass is 441 g/mol. The highest BCUT2D eigenvalue weighted by molar-refractivity contribution is 9.11. The maximum absolute atomic E-state index is 12.9. The van der Waals surface area contributed by atoms with Crippen LogP contribution in [0.3, 0.4) is 0 Å². The van der Waals surface area contributed by atoms with Crippen molar-refractivity contribution in [3.05, 3.63) is 26.6 Å². The minimum atomic E-state index is -3.56. The average molecular weight is 443 g/mol. The normalized spacial score (nSPS) is 12.4. The van der Waals surface area contributed by atoms with E-state index in [1.165, 1.54) is 4.31 Å². The number of methoxy groups -OCH3 is 1. The largest absolute Gasteiger partial charge is 0.383 e. The van der Waals surface area contributed by atoms with E-state index in [2.05, 4.69) is 31.9 Å². The summed E-state index contributed by atoms with van der Waals surface area (Å²) in [6.45, 7) is 7.09. The summed E-state index contributed by atoms with van der Waals surface area (Å²) in [7, 11) is -1.99. The van der Waals surface area contributed by atoms with Crippen molar-refractivity contribution in [1.29, 1.82) is 0 Å². The van der Waals surface area contributed by atoms with Gasteiger partial charge in [0.1, 0.15) is 0 Å². The van der Waals surface area contributed by atoms with Gasteiger partial charge in [-0.2, -0.15) is 4.31 Å². The van der Waals surface area contributed by atoms with Crippen LogP contribution in [0.5, 0.6) is 0 Å². The molecule has 0 aromatic heterocycles. The van der Waals surface area contributed by atoms with E-state index in [0.717, 1.165) is 10.0 Å². The third-order valence-electron chi connectivity index (χ3n) is 2.94. The fourth-order valence-corrected chi connectivity index (χ4v) is 5.10. The van der Waals surface area contributed by atoms with E-state index in [4.69, 9.17) is 4.74 Å². The van der Waals surface area contributed by atoms with Crippen LogP contribution >= 0.6 is 31.9 Å². The van der Waals surface area contributed by atoms with Gasteiger partial charge >= 0.3 is 0 Å². The fourth-order valence-electron chi connectivity index (χ4n) is 1.87. The predicted octanol–water partition coefficient (Wildman–Crippen LogP) is 3.81. The second-order valence-corrected chi connectivity index (χ2v) is 8.90. The number of nitrogens with zero attached hydrogens (tertiary/aromatic N) is 1. The van der Waals surface area contributed by atoms with Crippen LogP contribution in [0.1, 0.15) is 19.4 Å². The van der Waals surface area contributed by atoms with Crippen molar-refractivity contribution in [2.45, 2.75) is 25.7 Å². The zero-order chi connectivity index (χ0) is 16.2. The summed E-state index contributed by atoms with van der Waals surface area (Å²) in [5, 5.41) is 0. The molecule has 1 aromatic carbocycles. The van der Waals surface area contributed by atoms with Gasteiger partial charge in [-0.25, -0.2) is 8.42 Å². The molecule has 0 fully saturated rings. The molecule has 0 unspecified atom stereocenters. The maximum atomic E-state index is 12.9. The third-order valence-corrected chi connectivity index (χ3v) is 6.62. The number of rotatable bonds is 7. The van der Waals surface area contributed by atoms with Crippen LogP contribution in [0, 0.1) is 12.8 Å². The molecule has 1 rings (SSSR count). The number of ether oxygens (including phenoxy) is 1. The van der Waals surface area contributed by atoms with Crippen molar-refractivity contribution in [1.82, 2.24) is 4.31 Å². The molecule has 0 heterocycles. The molecule has 0 aliphatic carbocycles. The van der Waals surface area contributed by atoms with Gasteiger partial charge in [-0.1, -0.05) is 29.8 Å². The van der Waals surface area contributed by atoms with Gasteiger partial charge in [0, 0.05) is 29.1 Å². The summed E-state index contributed by atoms with van der Waals surface area (Å²) >= 11 is 6.76. The Balaban J connectivity index is 3.24. The summed E-state index contributed by atoms with van der Waals surface area (Å²) < 4.78 is 33.6. The van der Waals surface area contributed by atoms with Crippen LogP contribution in [0.15, 0.2) is 26.0 Å². The van der Waals surface area contributed by atoms with Crippen LogP contribution in [0.25, 0.3) is 0 Å². The molecule has 0 aliphatic rings. The highest BCUT2D eigenvalue weighted by Crippen LogP contribution is 2.31. The highest BCUT2D eigenvalue weighted by Gasteiger charge is 2.27. The lowest BCUT2D eigenvalue weighted by atomic mass is 10.2. The Bertz CT molecular complexity index is 588. The number of sulfonamides is 1. The molecule has 0 radical (unpaired) electrons. The van der Waals surface area contributed by atoms with E-state index in [1.54, 1.807) is 19.2 Å². The first-order valence-corrected chi connectivity index (χ1v) is 9.67. The standard InChI is InChI=1S/C14H21Br2NO3S/c1-10(2)9-17(5-6-20-4)21(18,19)14-8-12(15)11(3)7-13(14)16/h7-8,10H,5-6,9H2,1-4H3. The molecular weight excluding hydrogens is 422 g/mol. The van der Waals surface area contributed by atoms with Crippen molar-refractivity contribution in [2.75, 3.05) is 26.8 Å². The predicted molar refractivity (Wildman–Crippen MR) is 92.1 cm³/mol. The van der Waals surface area contributed by atoms with Crippen LogP contribution in [-0.4, -0.2) is 39.5 Å². The second kappa shape index (κ2) is 8.06. The Morgan fingerprint density at radius 2 is 1.86 bits per heavy atom. The van der Waals surface area contributed by atoms with Crippen LogP contribution < -0.4 is 0 Å². The molecule has 0 bridgehead atoms. The lowest BCUT2D eigenvalue weighted by molar-refractivity contribution is 0.175. The smallest absolute Gasteiger partial charge is 0.244 e. The maximum Gasteiger partial charge on any atom is 0.244 e. The Hall–Kier alpha value is 0.0500. The lowest BCUT2D eigenvalue weighted by Gasteiger charge is -2.24. The molecule has 1 aromatic rings. The van der Waals surface area contributed by atoms with Crippen LogP contribution in [0.4, 0.5) is 0 Å². The van der Waals surface area contributed by atoms with E-state index in [-0.39, 0.29) is 10.8 Å². The summed E-state index contributed by atoms with van der Waals surface area (Å²) in [5.74, 6) is 0.240. The molecule has 0 N–H and O–H groups in total. The molecule has 0 aliphatic heterocycles. The summed E-state index contributed by atoms with van der Waals surface area (Å²) in [4.78, 5) is 0.275. The van der Waals surface area contributed by atoms with Crippen molar-refractivity contribution >= 4 is 41.9 Å². The zero-order valence-corrected chi connectivity index (χ0v) is 16.7. The van der Waals surface area contributed by atoms with Gasteiger partial charge in [0.25, 0.3) is 0 Å². The quantitative estimate of drug-likeness (QED) is 0.644. The van der Waals surface area contributed by atoms with Gasteiger partial charge in [0.15, 0.2) is 0 Å². The first kappa shape index (κ1) is 19.1. The van der Waals surface area contributed by atoms with Crippen molar-refractivity contribution in [2.24, 2.45) is 5.92 Å². The Morgan fingerprint density at radius 3 is 2.38 bits per heavy atom. The average Bonchev–Trinajstić information content (AvgIpc) is 2.38. The number of aryl methyl sites for hydroxylation is 1. The third kappa shape index (κ3) is 5.03. The minimum Gasteiger partial charge on any atom is -0.383 e. The van der Waals surface area contributed by atoms with Crippen LogP contribution in [-0.2, 0) is 14.8 Å². The van der Waals surface area contributed by atoms with Crippen molar-refractivity contribution in [3.8, 4) is 0 Å². The van der Waals surface area contributed by atoms with Crippen molar-refractivity contribution < 1.29 is 13.2 Å². The first-order chi connectivity index (χ1) is 9.70. The highest BCUT2D eigenvalue weighted by atomic mass is 79.9. The SMILES string of the molecule is COCCN(CC(C)C)S(=O)(=O)c1cc(Br)c(C)cc1Br. The minimum absolute atomic E-state index is 0.240. The molecule has 0 spiro atoms. The molecular formula is C14H21Br2NO3S. The first-order valence-electron chi connectivity index (χ1n) is 6.65. The Morgan fingerprint density at radius 1 is 1.24 bits per heavy atom. The van der Waals surface area contributed by atoms with E-state index in [0.29, 0.717) is 24.2 Å². The van der Waals surface area contributed by atoms with Gasteiger partial charge in [0.2, 0.25) is 10.0 Å². The molecule has 7 heteroatoms. The van der Waals surface area contributed by atoms with Gasteiger partial charge in [0.05, 0.1) is 11.5 Å². The molecule has 0 saturated carbocycles. The van der Waals surface area contributed by atoms with Gasteiger partial charge < -0.3 is 4.74 Å². The Kier molecular flexibility index (Phi) is 7.33. The molecule has 0 saturated heterocycles. The summed E-state index contributed by atoms with van der Waals surface area (Å²) in [5.41, 5.74) is 0.980. The fraction of sp³-hybridized carbons (Fsp3) is 0.571. The van der Waals surface area contributed by atoms with E-state index in [1.807, 2.05) is 20.8 Å². The van der Waals surface area contributed by atoms with E-state index >= 15 is 0 Å². The van der Waals surface area contributed by atoms with Crippen LogP contribution in [0.2, 0.25) is 0 Å². The lowest BCUT2D eigenvalue weighted by Crippen LogP contribution is -2.37. The summed E-state index contributed by atoms with van der Waals surface area (Å²) in [6, 6.07) is 3.45. The number of benzene rings is 1. The van der Waals surface area contributed by atoms with E-state index < -0.39 is 10.0 Å². The molecule has 120 valence electrons. The number of hydrogen-bond acceptors (Lipinski definition) is 3. The molecule has 21 heavy (non-hydrogen) atoms. The number of hydrogen-bond donors (Lipinski definition) is 0. The van der Waals surface area contributed by atoms with Gasteiger partial charge in [-0.15, -0.1) is 0 Å². The summed E-state index contributed by atoms with van der Waals surface area (Å²) in [6.07, 6.45) is 0. The van der Waals surface area contributed by atoms with Gasteiger partial charge in [-0.3, -0.25) is 0 Å². The molecule has 0 amide bonds. The molecule has 0 atom stereocenters. The topological polar surface area (TPSA) is 46.6 Å². The van der Waals surface area contributed by atoms with Crippen molar-refractivity contribution in [3.63, 3.8) is 0 Å². The van der Waals surface area contributed by atoms with E-state index in [9.17, 15) is 8.42 Å². The molecule has 4 nitrogen and oxygen atoms in total. The number of halogens is 2. The zero-order valence-electron chi connectivity index (χ0n) is 12.7. The second-order valence-electron chi connectivity index (χ2n) is 5.28. The Labute approximate surface area is 144 Å². The van der Waals surface area contributed by atoms with Gasteiger partial charge in [-0.05, 0) is 46.5 Å².